The highest BCUT2D eigenvalue weighted by Crippen LogP contribution is 2.43. The number of thiophene rings is 1. The molecular weight excluding hydrogens is 286 g/mol. The summed E-state index contributed by atoms with van der Waals surface area (Å²) in [6.07, 6.45) is 0. The first-order valence-corrected chi connectivity index (χ1v) is 7.79. The molecule has 1 fully saturated rings. The Bertz CT molecular complexity index is 553. The zero-order valence-corrected chi connectivity index (χ0v) is 11.8. The molecule has 1 saturated heterocycles. The van der Waals surface area contributed by atoms with Crippen LogP contribution in [0, 0.1) is 0 Å². The highest BCUT2D eigenvalue weighted by atomic mass is 35.5. The molecule has 1 amide bonds. The number of benzene rings is 1. The number of anilines is 1. The molecule has 2 nitrogen and oxygen atoms in total. The smallest absolute Gasteiger partial charge is 0.238 e. The first-order valence-electron chi connectivity index (χ1n) is 5.48. The van der Waals surface area contributed by atoms with E-state index in [1.807, 2.05) is 40.6 Å². The number of nitrogens with zero attached hydrogens (tertiary/aromatic N) is 1. The molecule has 0 radical (unpaired) electrons. The van der Waals surface area contributed by atoms with Crippen molar-refractivity contribution in [3.63, 3.8) is 0 Å². The first kappa shape index (κ1) is 12.1. The number of hydrogen-bond acceptors (Lipinski definition) is 3. The van der Waals surface area contributed by atoms with E-state index < -0.39 is 0 Å². The predicted octanol–water partition coefficient (Wildman–Crippen LogP) is 4.18. The molecule has 3 rings (SSSR count). The fraction of sp³-hybridized carbons (Fsp3) is 0.154. The number of thioether (sulfide) groups is 1. The third-order valence-corrected chi connectivity index (χ3v) is 5.28. The van der Waals surface area contributed by atoms with Crippen LogP contribution in [0.15, 0.2) is 41.8 Å². The highest BCUT2D eigenvalue weighted by Gasteiger charge is 2.34. The summed E-state index contributed by atoms with van der Waals surface area (Å²) in [7, 11) is 0. The van der Waals surface area contributed by atoms with Crippen LogP contribution < -0.4 is 4.90 Å². The van der Waals surface area contributed by atoms with Gasteiger partial charge in [-0.3, -0.25) is 9.69 Å². The normalized spacial score (nSPS) is 19.5. The van der Waals surface area contributed by atoms with Crippen molar-refractivity contribution < 1.29 is 4.79 Å². The molecule has 1 aliphatic heterocycles. The molecule has 0 aliphatic carbocycles. The largest absolute Gasteiger partial charge is 0.294 e. The van der Waals surface area contributed by atoms with Crippen molar-refractivity contribution in [1.29, 1.82) is 0 Å². The number of rotatable bonds is 2. The van der Waals surface area contributed by atoms with Gasteiger partial charge in [0.2, 0.25) is 5.91 Å². The fourth-order valence-electron chi connectivity index (χ4n) is 1.95. The minimum Gasteiger partial charge on any atom is -0.294 e. The van der Waals surface area contributed by atoms with Gasteiger partial charge in [-0.05, 0) is 35.7 Å². The maximum Gasteiger partial charge on any atom is 0.238 e. The second kappa shape index (κ2) is 4.96. The van der Waals surface area contributed by atoms with Gasteiger partial charge in [-0.25, -0.2) is 0 Å². The van der Waals surface area contributed by atoms with Crippen LogP contribution in [0.4, 0.5) is 5.69 Å². The van der Waals surface area contributed by atoms with Crippen LogP contribution >= 0.6 is 34.7 Å². The van der Waals surface area contributed by atoms with Gasteiger partial charge in [0, 0.05) is 15.6 Å². The molecule has 1 aromatic heterocycles. The van der Waals surface area contributed by atoms with E-state index in [-0.39, 0.29) is 11.3 Å². The van der Waals surface area contributed by atoms with Gasteiger partial charge < -0.3 is 0 Å². The van der Waals surface area contributed by atoms with Crippen LogP contribution in [-0.2, 0) is 4.79 Å². The van der Waals surface area contributed by atoms with Gasteiger partial charge in [0.25, 0.3) is 0 Å². The quantitative estimate of drug-likeness (QED) is 0.828. The van der Waals surface area contributed by atoms with E-state index in [0.29, 0.717) is 10.8 Å². The average molecular weight is 296 g/mol. The summed E-state index contributed by atoms with van der Waals surface area (Å²) in [5.74, 6) is 0.686. The zero-order valence-electron chi connectivity index (χ0n) is 9.38. The van der Waals surface area contributed by atoms with Crippen molar-refractivity contribution in [3.8, 4) is 0 Å². The molecule has 1 unspecified atom stereocenters. The Labute approximate surface area is 119 Å². The molecular formula is C13H10ClNOS2. The summed E-state index contributed by atoms with van der Waals surface area (Å²) in [4.78, 5) is 15.1. The lowest BCUT2D eigenvalue weighted by atomic mass is 10.2. The van der Waals surface area contributed by atoms with Gasteiger partial charge in [0.15, 0.2) is 0 Å². The Balaban J connectivity index is 1.97. The van der Waals surface area contributed by atoms with Crippen LogP contribution in [-0.4, -0.2) is 11.7 Å². The molecule has 18 heavy (non-hydrogen) atoms. The van der Waals surface area contributed by atoms with E-state index in [2.05, 4.69) is 6.07 Å². The molecule has 1 aromatic carbocycles. The van der Waals surface area contributed by atoms with Gasteiger partial charge in [0.1, 0.15) is 5.37 Å². The second-order valence-corrected chi connectivity index (χ2v) is 6.40. The Morgan fingerprint density at radius 1 is 1.22 bits per heavy atom. The van der Waals surface area contributed by atoms with Crippen LogP contribution in [0.2, 0.25) is 5.02 Å². The fourth-order valence-corrected chi connectivity index (χ4v) is 4.21. The molecule has 0 saturated carbocycles. The van der Waals surface area contributed by atoms with Crippen LogP contribution in [0.1, 0.15) is 10.3 Å². The summed E-state index contributed by atoms with van der Waals surface area (Å²) < 4.78 is 0. The lowest BCUT2D eigenvalue weighted by Gasteiger charge is -2.23. The lowest BCUT2D eigenvalue weighted by Crippen LogP contribution is -2.27. The summed E-state index contributed by atoms with van der Waals surface area (Å²) >= 11 is 9.24. The highest BCUT2D eigenvalue weighted by molar-refractivity contribution is 8.01. The standard InChI is InChI=1S/C13H10ClNOS2/c14-9-3-5-10(6-4-9)15-12(16)8-18-13(15)11-2-1-7-17-11/h1-7,13H,8H2. The third kappa shape index (κ3) is 2.16. The monoisotopic (exact) mass is 295 g/mol. The Hall–Kier alpha value is -0.970. The molecule has 5 heteroatoms. The molecule has 2 aromatic rings. The summed E-state index contributed by atoms with van der Waals surface area (Å²) in [5.41, 5.74) is 0.910. The number of halogens is 1. The molecule has 1 atom stereocenters. The Morgan fingerprint density at radius 3 is 2.67 bits per heavy atom. The summed E-state index contributed by atoms with van der Waals surface area (Å²) in [6, 6.07) is 11.5. The van der Waals surface area contributed by atoms with E-state index in [1.54, 1.807) is 23.1 Å². The lowest BCUT2D eigenvalue weighted by molar-refractivity contribution is -0.115. The maximum absolute atomic E-state index is 12.0. The Morgan fingerprint density at radius 2 is 2.00 bits per heavy atom. The van der Waals surface area contributed by atoms with E-state index in [1.165, 1.54) is 4.88 Å². The van der Waals surface area contributed by atoms with Crippen molar-refractivity contribution >= 4 is 46.3 Å². The van der Waals surface area contributed by atoms with E-state index in [9.17, 15) is 4.79 Å². The zero-order chi connectivity index (χ0) is 12.5. The van der Waals surface area contributed by atoms with Gasteiger partial charge >= 0.3 is 0 Å². The van der Waals surface area contributed by atoms with Gasteiger partial charge in [-0.15, -0.1) is 23.1 Å². The van der Waals surface area contributed by atoms with Crippen LogP contribution in [0.3, 0.4) is 0 Å². The topological polar surface area (TPSA) is 20.3 Å². The minimum absolute atomic E-state index is 0.0960. The summed E-state index contributed by atoms with van der Waals surface area (Å²) in [5, 5.41) is 2.82. The van der Waals surface area contributed by atoms with Crippen molar-refractivity contribution in [2.45, 2.75) is 5.37 Å². The molecule has 1 aliphatic rings. The van der Waals surface area contributed by atoms with Crippen molar-refractivity contribution in [2.24, 2.45) is 0 Å². The Kier molecular flexibility index (Phi) is 3.33. The average Bonchev–Trinajstić information content (AvgIpc) is 2.99. The van der Waals surface area contributed by atoms with Gasteiger partial charge in [-0.2, -0.15) is 0 Å². The van der Waals surface area contributed by atoms with Crippen LogP contribution in [0.5, 0.6) is 0 Å². The minimum atomic E-state index is 0.0960. The number of carbonyl (C=O) groups excluding carboxylic acids is 1. The SMILES string of the molecule is O=C1CSC(c2cccs2)N1c1ccc(Cl)cc1. The van der Waals surface area contributed by atoms with Crippen molar-refractivity contribution in [2.75, 3.05) is 10.7 Å². The van der Waals surface area contributed by atoms with Crippen molar-refractivity contribution in [3.05, 3.63) is 51.7 Å². The maximum atomic E-state index is 12.0. The third-order valence-electron chi connectivity index (χ3n) is 2.76. The second-order valence-electron chi connectivity index (χ2n) is 3.92. The van der Waals surface area contributed by atoms with Gasteiger partial charge in [-0.1, -0.05) is 17.7 Å². The van der Waals surface area contributed by atoms with E-state index >= 15 is 0 Å². The molecule has 0 spiro atoms. The number of hydrogen-bond donors (Lipinski definition) is 0. The molecule has 0 N–H and O–H groups in total. The number of carbonyl (C=O) groups is 1. The van der Waals surface area contributed by atoms with E-state index in [4.69, 9.17) is 11.6 Å². The summed E-state index contributed by atoms with van der Waals surface area (Å²) in [6.45, 7) is 0. The predicted molar refractivity (Wildman–Crippen MR) is 78.5 cm³/mol. The van der Waals surface area contributed by atoms with Crippen LogP contribution in [0.25, 0.3) is 0 Å². The van der Waals surface area contributed by atoms with E-state index in [0.717, 1.165) is 5.69 Å². The van der Waals surface area contributed by atoms with Gasteiger partial charge in [0.05, 0.1) is 5.75 Å². The molecule has 92 valence electrons. The molecule has 0 bridgehead atoms. The van der Waals surface area contributed by atoms with Crippen molar-refractivity contribution in [1.82, 2.24) is 0 Å². The first-order chi connectivity index (χ1) is 8.75. The molecule has 2 heterocycles. The number of amides is 1.